The highest BCUT2D eigenvalue weighted by atomic mass is 35.5. The molecule has 0 saturated heterocycles. The minimum absolute atomic E-state index is 0. The van der Waals surface area contributed by atoms with Crippen LogP contribution in [-0.4, -0.2) is 42.6 Å². The first-order chi connectivity index (χ1) is 13.4. The Labute approximate surface area is 175 Å². The molecule has 2 aromatic rings. The number of rotatable bonds is 6. The normalized spacial score (nSPS) is 18.5. The van der Waals surface area contributed by atoms with Gasteiger partial charge in [-0.15, -0.1) is 12.4 Å². The van der Waals surface area contributed by atoms with Crippen LogP contribution in [0.4, 0.5) is 20.4 Å². The number of hydrogen-bond acceptors (Lipinski definition) is 5. The van der Waals surface area contributed by atoms with E-state index in [1.165, 1.54) is 6.07 Å². The molecule has 1 aliphatic rings. The number of benzene rings is 1. The van der Waals surface area contributed by atoms with Crippen molar-refractivity contribution in [3.8, 4) is 0 Å². The fourth-order valence-electron chi connectivity index (χ4n) is 3.37. The van der Waals surface area contributed by atoms with Gasteiger partial charge in [0.2, 0.25) is 0 Å². The van der Waals surface area contributed by atoms with Crippen LogP contribution in [0, 0.1) is 17.6 Å². The zero-order chi connectivity index (χ0) is 20.1. The summed E-state index contributed by atoms with van der Waals surface area (Å²) in [5, 5.41) is 6.28. The van der Waals surface area contributed by atoms with E-state index in [0.29, 0.717) is 18.5 Å². The summed E-state index contributed by atoms with van der Waals surface area (Å²) < 4.78 is 26.2. The maximum absolute atomic E-state index is 13.3. The number of halogens is 3. The number of carbonyl (C=O) groups excluding carboxylic acids is 1. The van der Waals surface area contributed by atoms with Crippen LogP contribution in [0.25, 0.3) is 0 Å². The number of nitrogens with one attached hydrogen (secondary N) is 2. The summed E-state index contributed by atoms with van der Waals surface area (Å²) in [7, 11) is 3.87. The van der Waals surface area contributed by atoms with E-state index in [0.717, 1.165) is 49.5 Å². The van der Waals surface area contributed by atoms with Crippen molar-refractivity contribution in [2.45, 2.75) is 31.7 Å². The van der Waals surface area contributed by atoms with Gasteiger partial charge in [-0.2, -0.15) is 0 Å². The van der Waals surface area contributed by atoms with Crippen molar-refractivity contribution >= 4 is 29.9 Å². The molecule has 1 heterocycles. The Hall–Kier alpha value is -2.48. The summed E-state index contributed by atoms with van der Waals surface area (Å²) in [6.07, 6.45) is 5.46. The van der Waals surface area contributed by atoms with E-state index in [-0.39, 0.29) is 23.9 Å². The number of anilines is 2. The molecule has 1 amide bonds. The Kier molecular flexibility index (Phi) is 8.13. The van der Waals surface area contributed by atoms with Gasteiger partial charge in [-0.1, -0.05) is 0 Å². The van der Waals surface area contributed by atoms with Gasteiger partial charge in [-0.3, -0.25) is 4.79 Å². The predicted molar refractivity (Wildman–Crippen MR) is 112 cm³/mol. The van der Waals surface area contributed by atoms with Gasteiger partial charge < -0.3 is 15.5 Å². The number of amides is 1. The zero-order valence-electron chi connectivity index (χ0n) is 16.5. The van der Waals surface area contributed by atoms with Crippen molar-refractivity contribution in [1.82, 2.24) is 15.3 Å². The van der Waals surface area contributed by atoms with Crippen LogP contribution in [0.5, 0.6) is 0 Å². The van der Waals surface area contributed by atoms with Crippen LogP contribution in [0.3, 0.4) is 0 Å². The minimum Gasteiger partial charge on any atom is -0.367 e. The lowest BCUT2D eigenvalue weighted by Gasteiger charge is -2.29. The van der Waals surface area contributed by atoms with E-state index in [9.17, 15) is 13.6 Å². The molecule has 0 aliphatic heterocycles. The molecule has 3 rings (SSSR count). The molecule has 2 N–H and O–H groups in total. The summed E-state index contributed by atoms with van der Waals surface area (Å²) in [6.45, 7) is 0.531. The van der Waals surface area contributed by atoms with E-state index >= 15 is 0 Å². The van der Waals surface area contributed by atoms with Gasteiger partial charge in [0, 0.05) is 38.3 Å². The molecule has 1 saturated carbocycles. The molecule has 0 unspecified atom stereocenters. The molecule has 29 heavy (non-hydrogen) atoms. The number of carbonyl (C=O) groups is 1. The van der Waals surface area contributed by atoms with Crippen LogP contribution >= 0.6 is 12.4 Å². The highest BCUT2D eigenvalue weighted by molar-refractivity contribution is 5.94. The third-order valence-corrected chi connectivity index (χ3v) is 5.04. The van der Waals surface area contributed by atoms with Crippen molar-refractivity contribution in [3.05, 3.63) is 47.8 Å². The predicted octanol–water partition coefficient (Wildman–Crippen LogP) is 3.64. The monoisotopic (exact) mass is 425 g/mol. The second-order valence-corrected chi connectivity index (χ2v) is 7.36. The molecule has 9 heteroatoms. The molecule has 1 aromatic carbocycles. The summed E-state index contributed by atoms with van der Waals surface area (Å²) in [5.41, 5.74) is 0.134. The SMILES string of the molecule is CN(C)c1cc(N[C@H]2CC[C@@H](CNC(=O)c3ccc(F)c(F)c3)CC2)ncn1.Cl. The van der Waals surface area contributed by atoms with E-state index in [2.05, 4.69) is 20.6 Å². The average molecular weight is 426 g/mol. The largest absolute Gasteiger partial charge is 0.367 e. The Morgan fingerprint density at radius 2 is 1.83 bits per heavy atom. The van der Waals surface area contributed by atoms with Crippen LogP contribution in [0.15, 0.2) is 30.6 Å². The van der Waals surface area contributed by atoms with Crippen molar-refractivity contribution in [2.75, 3.05) is 30.9 Å². The maximum atomic E-state index is 13.3. The van der Waals surface area contributed by atoms with Gasteiger partial charge in [-0.05, 0) is 49.8 Å². The summed E-state index contributed by atoms with van der Waals surface area (Å²) in [4.78, 5) is 22.5. The lowest BCUT2D eigenvalue weighted by molar-refractivity contribution is 0.0942. The summed E-state index contributed by atoms with van der Waals surface area (Å²) >= 11 is 0. The molecular weight excluding hydrogens is 400 g/mol. The van der Waals surface area contributed by atoms with E-state index < -0.39 is 11.6 Å². The van der Waals surface area contributed by atoms with Crippen LogP contribution in [-0.2, 0) is 0 Å². The van der Waals surface area contributed by atoms with Gasteiger partial charge in [0.25, 0.3) is 5.91 Å². The van der Waals surface area contributed by atoms with Gasteiger partial charge in [0.1, 0.15) is 18.0 Å². The van der Waals surface area contributed by atoms with Crippen LogP contribution in [0.1, 0.15) is 36.0 Å². The second kappa shape index (κ2) is 10.3. The lowest BCUT2D eigenvalue weighted by Crippen LogP contribution is -2.34. The molecule has 0 atom stereocenters. The Morgan fingerprint density at radius 1 is 1.10 bits per heavy atom. The average Bonchev–Trinajstić information content (AvgIpc) is 2.69. The highest BCUT2D eigenvalue weighted by Gasteiger charge is 2.22. The Balaban J connectivity index is 0.00000300. The number of aromatic nitrogens is 2. The Bertz CT molecular complexity index is 828. The van der Waals surface area contributed by atoms with Crippen molar-refractivity contribution in [2.24, 2.45) is 5.92 Å². The second-order valence-electron chi connectivity index (χ2n) is 7.36. The van der Waals surface area contributed by atoms with Crippen LogP contribution < -0.4 is 15.5 Å². The third kappa shape index (κ3) is 6.25. The molecule has 0 radical (unpaired) electrons. The van der Waals surface area contributed by atoms with E-state index in [4.69, 9.17) is 0 Å². The molecular formula is C20H26ClF2N5O. The van der Waals surface area contributed by atoms with Crippen molar-refractivity contribution in [3.63, 3.8) is 0 Å². The zero-order valence-corrected chi connectivity index (χ0v) is 17.3. The first-order valence-electron chi connectivity index (χ1n) is 9.41. The van der Waals surface area contributed by atoms with E-state index in [1.807, 2.05) is 25.1 Å². The van der Waals surface area contributed by atoms with Crippen LogP contribution in [0.2, 0.25) is 0 Å². The Morgan fingerprint density at radius 3 is 2.48 bits per heavy atom. The summed E-state index contributed by atoms with van der Waals surface area (Å²) in [5.74, 6) is -0.309. The summed E-state index contributed by atoms with van der Waals surface area (Å²) in [6, 6.07) is 5.44. The van der Waals surface area contributed by atoms with Crippen molar-refractivity contribution in [1.29, 1.82) is 0 Å². The molecule has 6 nitrogen and oxygen atoms in total. The topological polar surface area (TPSA) is 70.2 Å². The smallest absolute Gasteiger partial charge is 0.251 e. The fraction of sp³-hybridized carbons (Fsp3) is 0.450. The maximum Gasteiger partial charge on any atom is 0.251 e. The van der Waals surface area contributed by atoms with Gasteiger partial charge in [-0.25, -0.2) is 18.7 Å². The molecule has 0 spiro atoms. The molecule has 0 bridgehead atoms. The lowest BCUT2D eigenvalue weighted by atomic mass is 9.86. The van der Waals surface area contributed by atoms with Gasteiger partial charge in [0.15, 0.2) is 11.6 Å². The van der Waals surface area contributed by atoms with Gasteiger partial charge >= 0.3 is 0 Å². The van der Waals surface area contributed by atoms with Crippen molar-refractivity contribution < 1.29 is 13.6 Å². The first kappa shape index (κ1) is 22.8. The first-order valence-corrected chi connectivity index (χ1v) is 9.41. The molecule has 158 valence electrons. The number of hydrogen-bond donors (Lipinski definition) is 2. The number of nitrogens with zero attached hydrogens (tertiary/aromatic N) is 3. The standard InChI is InChI=1S/C20H25F2N5O.ClH/c1-27(2)19-10-18(24-12-25-19)26-15-6-3-13(4-7-15)11-23-20(28)14-5-8-16(21)17(22)9-14;/h5,8-10,12-13,15H,3-4,6-7,11H2,1-2H3,(H,23,28)(H,24,25,26);1H/t13-,15+;. The highest BCUT2D eigenvalue weighted by Crippen LogP contribution is 2.26. The quantitative estimate of drug-likeness (QED) is 0.739. The van der Waals surface area contributed by atoms with Gasteiger partial charge in [0.05, 0.1) is 0 Å². The van der Waals surface area contributed by atoms with E-state index in [1.54, 1.807) is 6.33 Å². The molecule has 1 aromatic heterocycles. The molecule has 1 fully saturated rings. The third-order valence-electron chi connectivity index (χ3n) is 5.04. The molecule has 1 aliphatic carbocycles. The minimum atomic E-state index is -1.01. The fourth-order valence-corrected chi connectivity index (χ4v) is 3.37.